The van der Waals surface area contributed by atoms with Crippen LogP contribution in [0.1, 0.15) is 20.8 Å². The van der Waals surface area contributed by atoms with Gasteiger partial charge in [0.05, 0.1) is 15.8 Å². The van der Waals surface area contributed by atoms with E-state index in [4.69, 9.17) is 11.6 Å². The molecule has 0 unspecified atom stereocenters. The van der Waals surface area contributed by atoms with Crippen LogP contribution in [0, 0.1) is 0 Å². The third kappa shape index (κ3) is 3.69. The molecule has 0 bridgehead atoms. The average molecular weight is 425 g/mol. The number of rotatable bonds is 6. The van der Waals surface area contributed by atoms with Crippen molar-refractivity contribution >= 4 is 40.7 Å². The Hall–Kier alpha value is -2.96. The number of hydrogen-bond acceptors (Lipinski definition) is 4. The second-order valence-electron chi connectivity index (χ2n) is 6.78. The summed E-state index contributed by atoms with van der Waals surface area (Å²) in [7, 11) is 0. The number of urea groups is 1. The highest BCUT2D eigenvalue weighted by molar-refractivity contribution is 7.18. The smallest absolute Gasteiger partial charge is 0.319 e. The minimum atomic E-state index is -1.26. The van der Waals surface area contributed by atoms with Crippen molar-refractivity contribution in [1.29, 1.82) is 0 Å². The van der Waals surface area contributed by atoms with Gasteiger partial charge in [-0.25, -0.2) is 4.79 Å². The Balaban J connectivity index is 1.68. The van der Waals surface area contributed by atoms with Crippen molar-refractivity contribution in [2.45, 2.75) is 12.0 Å². The number of carbonyl (C=O) groups excluding carboxylic acids is 3. The van der Waals surface area contributed by atoms with Crippen molar-refractivity contribution in [3.05, 3.63) is 93.1 Å². The summed E-state index contributed by atoms with van der Waals surface area (Å²) in [5.74, 6) is -0.762. The zero-order valence-electron chi connectivity index (χ0n) is 15.3. The molecule has 1 atom stereocenters. The van der Waals surface area contributed by atoms with Gasteiger partial charge in [-0.2, -0.15) is 0 Å². The van der Waals surface area contributed by atoms with E-state index >= 15 is 0 Å². The zero-order chi connectivity index (χ0) is 20.4. The number of nitrogens with zero attached hydrogens (tertiary/aromatic N) is 1. The van der Waals surface area contributed by atoms with Crippen LogP contribution in [-0.4, -0.2) is 29.2 Å². The summed E-state index contributed by atoms with van der Waals surface area (Å²) in [4.78, 5) is 40.2. The SMILES string of the molecule is O=C(CN1C(=O)N[C@](Cc2ccccc2)(c2ccccc2)C1=O)c1ccc(Cl)s1. The number of Topliss-reactive ketones (excluding diaryl/α,β-unsaturated/α-hetero) is 1. The largest absolute Gasteiger partial charge is 0.325 e. The first-order valence-corrected chi connectivity index (χ1v) is 10.2. The van der Waals surface area contributed by atoms with Crippen LogP contribution in [-0.2, 0) is 16.8 Å². The normalized spacial score (nSPS) is 18.7. The van der Waals surface area contributed by atoms with Crippen molar-refractivity contribution in [3.63, 3.8) is 0 Å². The molecule has 146 valence electrons. The maximum Gasteiger partial charge on any atom is 0.325 e. The fourth-order valence-electron chi connectivity index (χ4n) is 3.50. The summed E-state index contributed by atoms with van der Waals surface area (Å²) in [6, 6.07) is 21.2. The van der Waals surface area contributed by atoms with E-state index in [1.54, 1.807) is 12.1 Å². The zero-order valence-corrected chi connectivity index (χ0v) is 16.9. The number of halogens is 1. The molecule has 0 saturated carbocycles. The first-order chi connectivity index (χ1) is 14.0. The summed E-state index contributed by atoms with van der Waals surface area (Å²) in [6.07, 6.45) is 0.290. The maximum absolute atomic E-state index is 13.5. The standard InChI is InChI=1S/C22H17ClN2O3S/c23-19-12-11-18(29-19)17(26)14-25-20(27)22(24-21(25)28,16-9-5-2-6-10-16)13-15-7-3-1-4-8-15/h1-12H,13-14H2,(H,24,28)/t22-/m1/s1. The van der Waals surface area contributed by atoms with Crippen LogP contribution in [0.5, 0.6) is 0 Å². The second-order valence-corrected chi connectivity index (χ2v) is 8.50. The molecular formula is C22H17ClN2O3S. The van der Waals surface area contributed by atoms with Gasteiger partial charge in [-0.15, -0.1) is 11.3 Å². The van der Waals surface area contributed by atoms with E-state index in [1.807, 2.05) is 60.7 Å². The van der Waals surface area contributed by atoms with Gasteiger partial charge in [-0.3, -0.25) is 14.5 Å². The van der Waals surface area contributed by atoms with Gasteiger partial charge in [0.25, 0.3) is 5.91 Å². The average Bonchev–Trinajstić information content (AvgIpc) is 3.27. The van der Waals surface area contributed by atoms with Gasteiger partial charge < -0.3 is 5.32 Å². The lowest BCUT2D eigenvalue weighted by Crippen LogP contribution is -2.46. The highest BCUT2D eigenvalue weighted by atomic mass is 35.5. The molecule has 1 aliphatic rings. The number of thiophene rings is 1. The number of amides is 3. The van der Waals surface area contributed by atoms with Crippen molar-refractivity contribution in [3.8, 4) is 0 Å². The summed E-state index contributed by atoms with van der Waals surface area (Å²) in [6.45, 7) is -0.328. The lowest BCUT2D eigenvalue weighted by Gasteiger charge is -2.27. The lowest BCUT2D eigenvalue weighted by molar-refractivity contribution is -0.131. The summed E-state index contributed by atoms with van der Waals surface area (Å²) in [5, 5.41) is 2.86. The van der Waals surface area contributed by atoms with Crippen molar-refractivity contribution in [2.75, 3.05) is 6.54 Å². The van der Waals surface area contributed by atoms with E-state index in [2.05, 4.69) is 5.32 Å². The quantitative estimate of drug-likeness (QED) is 0.474. The molecular weight excluding hydrogens is 408 g/mol. The van der Waals surface area contributed by atoms with Crippen LogP contribution >= 0.6 is 22.9 Å². The molecule has 0 radical (unpaired) electrons. The molecule has 1 fully saturated rings. The maximum atomic E-state index is 13.5. The van der Waals surface area contributed by atoms with Crippen molar-refractivity contribution < 1.29 is 14.4 Å². The second kappa shape index (κ2) is 7.81. The molecule has 0 spiro atoms. The molecule has 1 saturated heterocycles. The highest BCUT2D eigenvalue weighted by Gasteiger charge is 2.52. The number of ketones is 1. The molecule has 0 aliphatic carbocycles. The van der Waals surface area contributed by atoms with E-state index < -0.39 is 17.5 Å². The Morgan fingerprint density at radius 3 is 2.24 bits per heavy atom. The first-order valence-electron chi connectivity index (χ1n) is 9.02. The van der Waals surface area contributed by atoms with Crippen LogP contribution < -0.4 is 5.32 Å². The third-order valence-corrected chi connectivity index (χ3v) is 6.18. The number of nitrogens with one attached hydrogen (secondary N) is 1. The van der Waals surface area contributed by atoms with Gasteiger partial charge in [0.2, 0.25) is 0 Å². The Bertz CT molecular complexity index is 1070. The minimum absolute atomic E-state index is 0.290. The van der Waals surface area contributed by atoms with E-state index in [0.29, 0.717) is 14.8 Å². The van der Waals surface area contributed by atoms with Gasteiger partial charge in [-0.05, 0) is 23.3 Å². The molecule has 29 heavy (non-hydrogen) atoms. The monoisotopic (exact) mass is 424 g/mol. The minimum Gasteiger partial charge on any atom is -0.319 e. The lowest BCUT2D eigenvalue weighted by atomic mass is 9.83. The van der Waals surface area contributed by atoms with Gasteiger partial charge in [0.1, 0.15) is 0 Å². The summed E-state index contributed by atoms with van der Waals surface area (Å²) in [5.41, 5.74) is 0.326. The molecule has 5 nitrogen and oxygen atoms in total. The predicted molar refractivity (Wildman–Crippen MR) is 112 cm³/mol. The Morgan fingerprint density at radius 1 is 0.966 bits per heavy atom. The molecule has 7 heteroatoms. The molecule has 1 aliphatic heterocycles. The number of hydrogen-bond donors (Lipinski definition) is 1. The topological polar surface area (TPSA) is 66.5 Å². The van der Waals surface area contributed by atoms with Gasteiger partial charge in [0.15, 0.2) is 11.3 Å². The highest BCUT2D eigenvalue weighted by Crippen LogP contribution is 2.33. The molecule has 1 N–H and O–H groups in total. The molecule has 3 amide bonds. The van der Waals surface area contributed by atoms with Crippen molar-refractivity contribution in [2.24, 2.45) is 0 Å². The summed E-state index contributed by atoms with van der Waals surface area (Å²) < 4.78 is 0.480. The number of carbonyl (C=O) groups is 3. The van der Waals surface area contributed by atoms with Gasteiger partial charge in [0, 0.05) is 6.42 Å². The van der Waals surface area contributed by atoms with Crippen LogP contribution in [0.3, 0.4) is 0 Å². The van der Waals surface area contributed by atoms with Crippen LogP contribution in [0.25, 0.3) is 0 Å². The first kappa shape index (κ1) is 19.4. The fourth-order valence-corrected chi connectivity index (χ4v) is 4.47. The molecule has 4 rings (SSSR count). The number of imide groups is 1. The molecule has 1 aromatic heterocycles. The summed E-state index contributed by atoms with van der Waals surface area (Å²) >= 11 is 7.03. The molecule has 2 heterocycles. The predicted octanol–water partition coefficient (Wildman–Crippen LogP) is 4.27. The van der Waals surface area contributed by atoms with E-state index in [1.165, 1.54) is 0 Å². The van der Waals surface area contributed by atoms with Gasteiger partial charge in [-0.1, -0.05) is 72.3 Å². The Labute approximate surface area is 176 Å². The van der Waals surface area contributed by atoms with Gasteiger partial charge >= 0.3 is 6.03 Å². The Kier molecular flexibility index (Phi) is 5.22. The molecule has 2 aromatic carbocycles. The molecule has 3 aromatic rings. The van der Waals surface area contributed by atoms with E-state index in [9.17, 15) is 14.4 Å². The van der Waals surface area contributed by atoms with Crippen LogP contribution in [0.15, 0.2) is 72.8 Å². The van der Waals surface area contributed by atoms with Crippen molar-refractivity contribution in [1.82, 2.24) is 10.2 Å². The van der Waals surface area contributed by atoms with E-state index in [-0.39, 0.29) is 18.7 Å². The fraction of sp³-hybridized carbons (Fsp3) is 0.136. The Morgan fingerprint density at radius 2 is 1.62 bits per heavy atom. The van der Waals surface area contributed by atoms with Crippen LogP contribution in [0.2, 0.25) is 4.34 Å². The third-order valence-electron chi connectivity index (χ3n) is 4.90. The number of benzene rings is 2. The van der Waals surface area contributed by atoms with E-state index in [0.717, 1.165) is 21.8 Å². The van der Waals surface area contributed by atoms with Crippen LogP contribution in [0.4, 0.5) is 4.79 Å².